The van der Waals surface area contributed by atoms with Crippen molar-refractivity contribution in [1.29, 1.82) is 0 Å². The van der Waals surface area contributed by atoms with Crippen LogP contribution in [0, 0.1) is 0 Å². The third-order valence-electron chi connectivity index (χ3n) is 3.68. The van der Waals surface area contributed by atoms with E-state index < -0.39 is 0 Å². The summed E-state index contributed by atoms with van der Waals surface area (Å²) in [6.45, 7) is 0. The molecule has 3 rings (SSSR count). The SMILES string of the molecule is COc1ccc(-n2ccnc2SCC(=O)c2cccc(OC)c2)cc1. The van der Waals surface area contributed by atoms with Crippen LogP contribution < -0.4 is 9.47 Å². The molecule has 2 aromatic carbocycles. The highest BCUT2D eigenvalue weighted by Crippen LogP contribution is 2.23. The molecule has 0 aliphatic heterocycles. The Morgan fingerprint density at radius 1 is 1.08 bits per heavy atom. The van der Waals surface area contributed by atoms with E-state index in [1.165, 1.54) is 11.8 Å². The largest absolute Gasteiger partial charge is 0.497 e. The van der Waals surface area contributed by atoms with Crippen LogP contribution in [0.4, 0.5) is 0 Å². The molecule has 1 aromatic heterocycles. The van der Waals surface area contributed by atoms with Crippen molar-refractivity contribution in [3.05, 3.63) is 66.5 Å². The lowest BCUT2D eigenvalue weighted by molar-refractivity contribution is 0.102. The van der Waals surface area contributed by atoms with Crippen LogP contribution in [0.15, 0.2) is 66.1 Å². The van der Waals surface area contributed by atoms with Crippen molar-refractivity contribution in [2.45, 2.75) is 5.16 Å². The molecule has 0 atom stereocenters. The van der Waals surface area contributed by atoms with Crippen LogP contribution in [0.3, 0.4) is 0 Å². The number of methoxy groups -OCH3 is 2. The Balaban J connectivity index is 1.71. The first kappa shape index (κ1) is 17.1. The highest BCUT2D eigenvalue weighted by atomic mass is 32.2. The first-order chi connectivity index (χ1) is 12.2. The number of carbonyl (C=O) groups is 1. The summed E-state index contributed by atoms with van der Waals surface area (Å²) in [6.07, 6.45) is 3.60. The lowest BCUT2D eigenvalue weighted by Crippen LogP contribution is -2.04. The summed E-state index contributed by atoms with van der Waals surface area (Å²) in [7, 11) is 3.22. The number of carbonyl (C=O) groups excluding carboxylic acids is 1. The smallest absolute Gasteiger partial charge is 0.173 e. The maximum atomic E-state index is 12.4. The molecule has 0 spiro atoms. The van der Waals surface area contributed by atoms with Gasteiger partial charge >= 0.3 is 0 Å². The molecule has 6 heteroatoms. The van der Waals surface area contributed by atoms with Gasteiger partial charge in [-0.2, -0.15) is 0 Å². The van der Waals surface area contributed by atoms with Crippen LogP contribution >= 0.6 is 11.8 Å². The highest BCUT2D eigenvalue weighted by Gasteiger charge is 2.11. The van der Waals surface area contributed by atoms with E-state index in [4.69, 9.17) is 9.47 Å². The third kappa shape index (κ3) is 4.03. The summed E-state index contributed by atoms with van der Waals surface area (Å²) in [5.74, 6) is 1.82. The van der Waals surface area contributed by atoms with Crippen molar-refractivity contribution in [2.24, 2.45) is 0 Å². The molecule has 0 fully saturated rings. The number of imidazole rings is 1. The molecule has 128 valence electrons. The summed E-state index contributed by atoms with van der Waals surface area (Å²) in [5, 5.41) is 0.765. The highest BCUT2D eigenvalue weighted by molar-refractivity contribution is 7.99. The van der Waals surface area contributed by atoms with Crippen LogP contribution in [0.25, 0.3) is 5.69 Å². The number of aromatic nitrogens is 2. The summed E-state index contributed by atoms with van der Waals surface area (Å²) in [4.78, 5) is 16.8. The van der Waals surface area contributed by atoms with E-state index in [0.29, 0.717) is 17.1 Å². The normalized spacial score (nSPS) is 10.5. The maximum absolute atomic E-state index is 12.4. The van der Waals surface area contributed by atoms with E-state index in [1.807, 2.05) is 47.2 Å². The maximum Gasteiger partial charge on any atom is 0.173 e. The zero-order valence-electron chi connectivity index (χ0n) is 14.0. The molecule has 0 amide bonds. The zero-order valence-corrected chi connectivity index (χ0v) is 14.8. The van der Waals surface area contributed by atoms with Crippen molar-refractivity contribution >= 4 is 17.5 Å². The number of benzene rings is 2. The molecular weight excluding hydrogens is 336 g/mol. The molecule has 1 heterocycles. The minimum atomic E-state index is 0.0354. The Morgan fingerprint density at radius 3 is 2.56 bits per heavy atom. The predicted molar refractivity (Wildman–Crippen MR) is 98.2 cm³/mol. The van der Waals surface area contributed by atoms with Gasteiger partial charge in [0.25, 0.3) is 0 Å². The van der Waals surface area contributed by atoms with E-state index >= 15 is 0 Å². The van der Waals surface area contributed by atoms with Crippen LogP contribution in [0.2, 0.25) is 0 Å². The number of nitrogens with zero attached hydrogens (tertiary/aromatic N) is 2. The van der Waals surface area contributed by atoms with E-state index in [9.17, 15) is 4.79 Å². The number of ether oxygens (including phenoxy) is 2. The number of thioether (sulfide) groups is 1. The fourth-order valence-electron chi connectivity index (χ4n) is 2.35. The molecule has 0 saturated heterocycles. The van der Waals surface area contributed by atoms with Crippen LogP contribution in [-0.2, 0) is 0 Å². The fraction of sp³-hybridized carbons (Fsp3) is 0.158. The summed E-state index contributed by atoms with van der Waals surface area (Å²) >= 11 is 1.41. The number of ketones is 1. The van der Waals surface area contributed by atoms with E-state index in [-0.39, 0.29) is 5.78 Å². The van der Waals surface area contributed by atoms with Gasteiger partial charge in [0.2, 0.25) is 0 Å². The van der Waals surface area contributed by atoms with Gasteiger partial charge < -0.3 is 9.47 Å². The van der Waals surface area contributed by atoms with Gasteiger partial charge in [0, 0.05) is 23.6 Å². The first-order valence-corrected chi connectivity index (χ1v) is 8.67. The van der Waals surface area contributed by atoms with Gasteiger partial charge in [-0.15, -0.1) is 0 Å². The molecule has 0 N–H and O–H groups in total. The predicted octanol–water partition coefficient (Wildman–Crippen LogP) is 3.86. The molecule has 0 bridgehead atoms. The van der Waals surface area contributed by atoms with Crippen LogP contribution in [0.1, 0.15) is 10.4 Å². The fourth-order valence-corrected chi connectivity index (χ4v) is 3.21. The molecule has 25 heavy (non-hydrogen) atoms. The second kappa shape index (κ2) is 7.90. The monoisotopic (exact) mass is 354 g/mol. The summed E-state index contributed by atoms with van der Waals surface area (Å²) in [6, 6.07) is 14.9. The van der Waals surface area contributed by atoms with Gasteiger partial charge in [0.05, 0.1) is 20.0 Å². The lowest BCUT2D eigenvalue weighted by atomic mass is 10.1. The van der Waals surface area contributed by atoms with E-state index in [2.05, 4.69) is 4.98 Å². The van der Waals surface area contributed by atoms with E-state index in [0.717, 1.165) is 16.6 Å². The van der Waals surface area contributed by atoms with Crippen molar-refractivity contribution in [1.82, 2.24) is 9.55 Å². The molecule has 5 nitrogen and oxygen atoms in total. The van der Waals surface area contributed by atoms with Crippen molar-refractivity contribution in [2.75, 3.05) is 20.0 Å². The van der Waals surface area contributed by atoms with Gasteiger partial charge in [-0.3, -0.25) is 9.36 Å². The molecule has 0 unspecified atom stereocenters. The Bertz CT molecular complexity index is 859. The molecule has 0 saturated carbocycles. The minimum absolute atomic E-state index is 0.0354. The van der Waals surface area contributed by atoms with Crippen molar-refractivity contribution in [3.63, 3.8) is 0 Å². The van der Waals surface area contributed by atoms with Crippen LogP contribution in [-0.4, -0.2) is 35.3 Å². The summed E-state index contributed by atoms with van der Waals surface area (Å²) in [5.41, 5.74) is 1.60. The quantitative estimate of drug-likeness (QED) is 0.476. The standard InChI is InChI=1S/C19H18N2O3S/c1-23-16-8-6-15(7-9-16)21-11-10-20-19(21)25-13-18(22)14-4-3-5-17(12-14)24-2/h3-12H,13H2,1-2H3. The average Bonchev–Trinajstić information content (AvgIpc) is 3.14. The molecule has 0 aliphatic rings. The molecule has 0 radical (unpaired) electrons. The van der Waals surface area contributed by atoms with Crippen LogP contribution in [0.5, 0.6) is 11.5 Å². The number of Topliss-reactive ketones (excluding diaryl/α,β-unsaturated/α-hetero) is 1. The van der Waals surface area contributed by atoms with Gasteiger partial charge in [0.15, 0.2) is 10.9 Å². The number of hydrogen-bond donors (Lipinski definition) is 0. The molecular formula is C19H18N2O3S. The third-order valence-corrected chi connectivity index (χ3v) is 4.65. The van der Waals surface area contributed by atoms with Gasteiger partial charge in [0.1, 0.15) is 11.5 Å². The van der Waals surface area contributed by atoms with Crippen molar-refractivity contribution in [3.8, 4) is 17.2 Å². The first-order valence-electron chi connectivity index (χ1n) is 7.69. The average molecular weight is 354 g/mol. The van der Waals surface area contributed by atoms with Gasteiger partial charge in [-0.25, -0.2) is 4.98 Å². The molecule has 3 aromatic rings. The molecule has 0 aliphatic carbocycles. The van der Waals surface area contributed by atoms with Gasteiger partial charge in [-0.1, -0.05) is 23.9 Å². The Hall–Kier alpha value is -2.73. The Morgan fingerprint density at radius 2 is 1.84 bits per heavy atom. The second-order valence-electron chi connectivity index (χ2n) is 5.22. The Kier molecular flexibility index (Phi) is 5.40. The second-order valence-corrected chi connectivity index (χ2v) is 6.16. The lowest BCUT2D eigenvalue weighted by Gasteiger charge is -2.08. The number of hydrogen-bond acceptors (Lipinski definition) is 5. The minimum Gasteiger partial charge on any atom is -0.497 e. The zero-order chi connectivity index (χ0) is 17.6. The van der Waals surface area contributed by atoms with Crippen molar-refractivity contribution < 1.29 is 14.3 Å². The topological polar surface area (TPSA) is 53.4 Å². The van der Waals surface area contributed by atoms with E-state index in [1.54, 1.807) is 32.5 Å². The van der Waals surface area contributed by atoms with Gasteiger partial charge in [-0.05, 0) is 36.4 Å². The number of rotatable bonds is 7. The Labute approximate surface area is 150 Å². The summed E-state index contributed by atoms with van der Waals surface area (Å²) < 4.78 is 12.3.